The molecule has 0 bridgehead atoms. The number of hydrogen-bond acceptors (Lipinski definition) is 5. The lowest BCUT2D eigenvalue weighted by Gasteiger charge is -2.37. The molecule has 0 rings (SSSR count). The Labute approximate surface area is 172 Å². The van der Waals surface area contributed by atoms with Crippen molar-refractivity contribution in [1.82, 2.24) is 9.96 Å². The quantitative estimate of drug-likeness (QED) is 0.336. The van der Waals surface area contributed by atoms with E-state index in [-0.39, 0.29) is 18.1 Å². The SMILES string of the molecule is C[Si](C)(C)NCCC[C@@H](O[Si](C)(C)C)[C@H](N[Si](C)(C)C)C(=O)O[Si](C)(C)C. The molecule has 27 heavy (non-hydrogen) atoms. The summed E-state index contributed by atoms with van der Waals surface area (Å²) in [7, 11) is -6.70. The van der Waals surface area contributed by atoms with Crippen molar-refractivity contribution in [3.63, 3.8) is 0 Å². The van der Waals surface area contributed by atoms with E-state index in [2.05, 4.69) is 88.5 Å². The molecule has 0 fully saturated rings. The summed E-state index contributed by atoms with van der Waals surface area (Å²) in [4.78, 5) is 20.4. The first-order valence-corrected chi connectivity index (χ1v) is 24.0. The molecule has 0 aliphatic heterocycles. The summed E-state index contributed by atoms with van der Waals surface area (Å²) in [6.07, 6.45) is 1.74. The summed E-state index contributed by atoms with van der Waals surface area (Å²) >= 11 is 0. The average Bonchev–Trinajstić information content (AvgIpc) is 2.34. The van der Waals surface area contributed by atoms with Crippen LogP contribution in [0.25, 0.3) is 0 Å². The van der Waals surface area contributed by atoms with Crippen LogP contribution in [-0.4, -0.2) is 57.8 Å². The van der Waals surface area contributed by atoms with Gasteiger partial charge in [0.1, 0.15) is 22.5 Å². The van der Waals surface area contributed by atoms with Crippen molar-refractivity contribution >= 4 is 39.1 Å². The Morgan fingerprint density at radius 3 is 1.70 bits per heavy atom. The molecule has 0 radical (unpaired) electrons. The molecule has 0 heterocycles. The lowest BCUT2D eigenvalue weighted by molar-refractivity contribution is -0.139. The Balaban J connectivity index is 5.38. The van der Waals surface area contributed by atoms with Crippen molar-refractivity contribution < 1.29 is 13.6 Å². The lowest BCUT2D eigenvalue weighted by Crippen LogP contribution is -2.60. The number of carbonyl (C=O) groups is 1. The fourth-order valence-corrected chi connectivity index (χ4v) is 6.71. The van der Waals surface area contributed by atoms with Gasteiger partial charge in [0, 0.05) is 0 Å². The number of hydrogen-bond donors (Lipinski definition) is 2. The lowest BCUT2D eigenvalue weighted by atomic mass is 10.1. The van der Waals surface area contributed by atoms with E-state index >= 15 is 0 Å². The predicted molar refractivity (Wildman–Crippen MR) is 129 cm³/mol. The first kappa shape index (κ1) is 27.2. The van der Waals surface area contributed by atoms with E-state index in [1.54, 1.807) is 0 Å². The first-order chi connectivity index (χ1) is 11.8. The maximum atomic E-state index is 13.1. The fourth-order valence-electron chi connectivity index (χ4n) is 2.65. The van der Waals surface area contributed by atoms with Crippen molar-refractivity contribution in [3.05, 3.63) is 0 Å². The van der Waals surface area contributed by atoms with E-state index in [1.807, 2.05) is 0 Å². The van der Waals surface area contributed by atoms with Gasteiger partial charge in [0.15, 0.2) is 8.32 Å². The standard InChI is InChI=1S/C18H46N2O3Si4/c1-24(2,3)19-15-13-14-16(22-26(7,8)9)17(20-25(4,5)6)18(21)23-27(10,11)12/h16-17,19-20H,13-15H2,1-12H3/t16-,17+/m1/s1. The van der Waals surface area contributed by atoms with Gasteiger partial charge in [0.2, 0.25) is 8.32 Å². The average molecular weight is 451 g/mol. The predicted octanol–water partition coefficient (Wildman–Crippen LogP) is 4.58. The second-order valence-corrected chi connectivity index (χ2v) is 30.0. The molecule has 0 aromatic rings. The summed E-state index contributed by atoms with van der Waals surface area (Å²) in [5.74, 6) is -0.127. The van der Waals surface area contributed by atoms with Gasteiger partial charge in [0.05, 0.1) is 6.10 Å². The zero-order valence-electron chi connectivity index (χ0n) is 20.0. The van der Waals surface area contributed by atoms with Gasteiger partial charge in [-0.25, -0.2) is 0 Å². The normalized spacial score (nSPS) is 16.1. The molecule has 0 saturated carbocycles. The van der Waals surface area contributed by atoms with Gasteiger partial charge in [-0.15, -0.1) is 0 Å². The Morgan fingerprint density at radius 2 is 1.33 bits per heavy atom. The second kappa shape index (κ2) is 10.3. The molecule has 2 atom stereocenters. The highest BCUT2D eigenvalue weighted by Crippen LogP contribution is 2.19. The Kier molecular flexibility index (Phi) is 10.4. The van der Waals surface area contributed by atoms with Gasteiger partial charge in [-0.3, -0.25) is 4.79 Å². The monoisotopic (exact) mass is 450 g/mol. The number of nitrogens with one attached hydrogen (secondary N) is 2. The highest BCUT2D eigenvalue weighted by atomic mass is 28.4. The molecule has 2 N–H and O–H groups in total. The van der Waals surface area contributed by atoms with Crippen LogP contribution in [0.1, 0.15) is 12.8 Å². The van der Waals surface area contributed by atoms with Crippen LogP contribution in [-0.2, 0) is 13.6 Å². The second-order valence-electron chi connectivity index (χ2n) is 11.5. The van der Waals surface area contributed by atoms with Crippen molar-refractivity contribution in [1.29, 1.82) is 0 Å². The maximum absolute atomic E-state index is 13.1. The molecule has 9 heteroatoms. The topological polar surface area (TPSA) is 59.6 Å². The van der Waals surface area contributed by atoms with Crippen LogP contribution in [0.3, 0.4) is 0 Å². The molecule has 0 unspecified atom stereocenters. The van der Waals surface area contributed by atoms with Gasteiger partial charge < -0.3 is 18.8 Å². The van der Waals surface area contributed by atoms with Crippen LogP contribution >= 0.6 is 0 Å². The summed E-state index contributed by atoms with van der Waals surface area (Å²) in [6.45, 7) is 27.3. The first-order valence-electron chi connectivity index (χ1n) is 10.2. The zero-order valence-corrected chi connectivity index (χ0v) is 24.0. The van der Waals surface area contributed by atoms with Crippen LogP contribution in [0.5, 0.6) is 0 Å². The van der Waals surface area contributed by atoms with E-state index in [0.29, 0.717) is 0 Å². The molecular formula is C18H46N2O3Si4. The molecule has 5 nitrogen and oxygen atoms in total. The number of carbonyl (C=O) groups excluding carboxylic acids is 1. The summed E-state index contributed by atoms with van der Waals surface area (Å²) in [5.41, 5.74) is 0. The third-order valence-electron chi connectivity index (χ3n) is 3.45. The van der Waals surface area contributed by atoms with Gasteiger partial charge >= 0.3 is 5.97 Å². The zero-order chi connectivity index (χ0) is 21.7. The molecule has 0 aliphatic carbocycles. The molecule has 0 aromatic carbocycles. The van der Waals surface area contributed by atoms with Crippen LogP contribution in [0.4, 0.5) is 0 Å². The molecular weight excluding hydrogens is 405 g/mol. The van der Waals surface area contributed by atoms with Gasteiger partial charge in [-0.2, -0.15) is 0 Å². The highest BCUT2D eigenvalue weighted by Gasteiger charge is 2.38. The minimum absolute atomic E-state index is 0.127. The fraction of sp³-hybridized carbons (Fsp3) is 0.944. The molecule has 162 valence electrons. The van der Waals surface area contributed by atoms with E-state index in [4.69, 9.17) is 8.85 Å². The third-order valence-corrected chi connectivity index (χ3v) is 7.76. The summed E-state index contributed by atoms with van der Waals surface area (Å²) in [5, 5.41) is 0. The number of rotatable bonds is 12. The van der Waals surface area contributed by atoms with E-state index in [0.717, 1.165) is 19.4 Å². The Hall–Kier alpha value is 0.218. The molecule has 0 amide bonds. The highest BCUT2D eigenvalue weighted by molar-refractivity contribution is 6.74. The minimum atomic E-state index is -1.95. The molecule has 0 aliphatic rings. The van der Waals surface area contributed by atoms with Gasteiger partial charge in [0.25, 0.3) is 0 Å². The maximum Gasteiger partial charge on any atom is 0.311 e. The largest absolute Gasteiger partial charge is 0.519 e. The molecule has 0 saturated heterocycles. The molecule has 0 aromatic heterocycles. The van der Waals surface area contributed by atoms with Crippen molar-refractivity contribution in [2.24, 2.45) is 0 Å². The van der Waals surface area contributed by atoms with E-state index in [9.17, 15) is 4.79 Å². The van der Waals surface area contributed by atoms with Crippen LogP contribution in [0.2, 0.25) is 78.6 Å². The van der Waals surface area contributed by atoms with Crippen LogP contribution in [0, 0.1) is 0 Å². The molecule has 0 spiro atoms. The van der Waals surface area contributed by atoms with E-state index in [1.165, 1.54) is 0 Å². The Bertz CT molecular complexity index is 463. The van der Waals surface area contributed by atoms with Crippen molar-refractivity contribution in [3.8, 4) is 0 Å². The minimum Gasteiger partial charge on any atom is -0.519 e. The van der Waals surface area contributed by atoms with Crippen molar-refractivity contribution in [2.75, 3.05) is 6.54 Å². The van der Waals surface area contributed by atoms with E-state index < -0.39 is 33.1 Å². The third kappa shape index (κ3) is 15.8. The van der Waals surface area contributed by atoms with Gasteiger partial charge in [-0.1, -0.05) is 39.3 Å². The van der Waals surface area contributed by atoms with Gasteiger partial charge in [-0.05, 0) is 58.7 Å². The van der Waals surface area contributed by atoms with Crippen molar-refractivity contribution in [2.45, 2.75) is 104 Å². The van der Waals surface area contributed by atoms with Crippen LogP contribution < -0.4 is 9.96 Å². The summed E-state index contributed by atoms with van der Waals surface area (Å²) < 4.78 is 12.4. The Morgan fingerprint density at radius 1 is 0.815 bits per heavy atom. The summed E-state index contributed by atoms with van der Waals surface area (Å²) in [6, 6.07) is -0.373. The van der Waals surface area contributed by atoms with Crippen LogP contribution in [0.15, 0.2) is 0 Å². The smallest absolute Gasteiger partial charge is 0.311 e.